The third-order valence-electron chi connectivity index (χ3n) is 7.09. The van der Waals surface area contributed by atoms with Crippen LogP contribution in [0.5, 0.6) is 11.5 Å². The molecular weight excluding hydrogens is 606 g/mol. The molecule has 1 amide bonds. The van der Waals surface area contributed by atoms with Gasteiger partial charge in [-0.25, -0.2) is 9.37 Å². The van der Waals surface area contributed by atoms with E-state index < -0.39 is 5.91 Å². The second-order valence-corrected chi connectivity index (χ2v) is 12.1. The Hall–Kier alpha value is -5.08. The summed E-state index contributed by atoms with van der Waals surface area (Å²) in [7, 11) is 0. The molecule has 0 atom stereocenters. The Morgan fingerprint density at radius 1 is 1.09 bits per heavy atom. The fourth-order valence-electron chi connectivity index (χ4n) is 4.88. The van der Waals surface area contributed by atoms with Crippen LogP contribution in [-0.2, 0) is 12.3 Å². The van der Waals surface area contributed by atoms with Crippen molar-refractivity contribution in [1.82, 2.24) is 24.1 Å². The molecule has 11 nitrogen and oxygen atoms in total. The van der Waals surface area contributed by atoms with Gasteiger partial charge in [0, 0.05) is 11.9 Å². The number of hydrogen-bond acceptors (Lipinski definition) is 10. The maximum Gasteiger partial charge on any atom is 0.267 e. The van der Waals surface area contributed by atoms with E-state index in [1.54, 1.807) is 42.6 Å². The number of ether oxygens (including phenoxy) is 2. The number of aromatic nitrogens is 5. The molecule has 5 heterocycles. The van der Waals surface area contributed by atoms with Crippen molar-refractivity contribution in [1.29, 1.82) is 5.41 Å². The zero-order valence-electron chi connectivity index (χ0n) is 23.0. The maximum atomic E-state index is 14.0. The number of hydrogen-bond donors (Lipinski definition) is 2. The summed E-state index contributed by atoms with van der Waals surface area (Å²) in [6.45, 7) is 2.11. The summed E-state index contributed by atoms with van der Waals surface area (Å²) >= 11 is 2.42. The first-order valence-electron chi connectivity index (χ1n) is 13.4. The number of rotatable bonds is 7. The van der Waals surface area contributed by atoms with Gasteiger partial charge in [0.2, 0.25) is 11.9 Å². The van der Waals surface area contributed by atoms with Crippen molar-refractivity contribution in [3.8, 4) is 11.5 Å². The van der Waals surface area contributed by atoms with Crippen LogP contribution >= 0.6 is 23.1 Å². The lowest BCUT2D eigenvalue weighted by Gasteiger charge is -2.15. The van der Waals surface area contributed by atoms with Gasteiger partial charge < -0.3 is 14.0 Å². The summed E-state index contributed by atoms with van der Waals surface area (Å²) in [6.07, 6.45) is 1.62. The molecule has 14 heteroatoms. The van der Waals surface area contributed by atoms with E-state index in [1.807, 2.05) is 19.1 Å². The van der Waals surface area contributed by atoms with Crippen LogP contribution in [0, 0.1) is 18.2 Å². The number of amides is 1. The molecule has 44 heavy (non-hydrogen) atoms. The fraction of sp³-hybridized carbons (Fsp3) is 0.133. The van der Waals surface area contributed by atoms with Crippen LogP contribution in [0.15, 0.2) is 76.0 Å². The lowest BCUT2D eigenvalue weighted by atomic mass is 10.1. The molecule has 0 saturated heterocycles. The minimum absolute atomic E-state index is 0.0412. The predicted molar refractivity (Wildman–Crippen MR) is 163 cm³/mol. The van der Waals surface area contributed by atoms with Crippen LogP contribution in [0.2, 0.25) is 0 Å². The second kappa shape index (κ2) is 11.2. The highest BCUT2D eigenvalue weighted by molar-refractivity contribution is 8.00. The van der Waals surface area contributed by atoms with E-state index in [4.69, 9.17) is 19.9 Å². The Bertz CT molecular complexity index is 2230. The first-order chi connectivity index (χ1) is 21.4. The van der Waals surface area contributed by atoms with E-state index in [9.17, 15) is 14.0 Å². The monoisotopic (exact) mass is 627 g/mol. The Labute approximate surface area is 256 Å². The highest BCUT2D eigenvalue weighted by Gasteiger charge is 2.21. The van der Waals surface area contributed by atoms with Gasteiger partial charge in [-0.3, -0.25) is 24.7 Å². The van der Waals surface area contributed by atoms with Crippen molar-refractivity contribution >= 4 is 50.8 Å². The molecule has 0 spiro atoms. The zero-order chi connectivity index (χ0) is 30.4. The summed E-state index contributed by atoms with van der Waals surface area (Å²) in [6, 6.07) is 16.9. The molecular formula is C30H22FN7O4S2. The van der Waals surface area contributed by atoms with Gasteiger partial charge in [-0.2, -0.15) is 0 Å². The highest BCUT2D eigenvalue weighted by Crippen LogP contribution is 2.33. The average Bonchev–Trinajstić information content (AvgIpc) is 3.68. The summed E-state index contributed by atoms with van der Waals surface area (Å²) < 4.78 is 28.5. The molecule has 6 aromatic rings. The predicted octanol–water partition coefficient (Wildman–Crippen LogP) is 4.75. The van der Waals surface area contributed by atoms with Crippen LogP contribution in [0.1, 0.15) is 27.0 Å². The molecule has 0 bridgehead atoms. The molecule has 1 aliphatic heterocycles. The number of nitrogens with zero attached hydrogens (tertiary/aromatic N) is 5. The number of carbonyl (C=O) groups excluding carboxylic acids is 1. The van der Waals surface area contributed by atoms with Gasteiger partial charge in [-0.1, -0.05) is 53.4 Å². The molecule has 0 radical (unpaired) electrons. The molecule has 0 saturated carbocycles. The second-order valence-electron chi connectivity index (χ2n) is 9.93. The van der Waals surface area contributed by atoms with Crippen molar-refractivity contribution in [2.24, 2.45) is 0 Å². The average molecular weight is 628 g/mol. The van der Waals surface area contributed by atoms with Gasteiger partial charge in [0.15, 0.2) is 15.8 Å². The van der Waals surface area contributed by atoms with Gasteiger partial charge >= 0.3 is 0 Å². The first kappa shape index (κ1) is 27.7. The van der Waals surface area contributed by atoms with Gasteiger partial charge in [0.25, 0.3) is 11.5 Å². The van der Waals surface area contributed by atoms with E-state index in [2.05, 4.69) is 15.5 Å². The zero-order valence-corrected chi connectivity index (χ0v) is 24.7. The van der Waals surface area contributed by atoms with Crippen LogP contribution < -0.4 is 25.8 Å². The Balaban J connectivity index is 1.26. The lowest BCUT2D eigenvalue weighted by Crippen LogP contribution is -2.32. The molecule has 0 aliphatic carbocycles. The van der Waals surface area contributed by atoms with Crippen molar-refractivity contribution in [2.45, 2.75) is 23.6 Å². The third kappa shape index (κ3) is 5.07. The topological polar surface area (TPSA) is 136 Å². The summed E-state index contributed by atoms with van der Waals surface area (Å²) in [4.78, 5) is 32.0. The number of nitrogens with one attached hydrogen (secondary N) is 2. The van der Waals surface area contributed by atoms with Crippen LogP contribution in [-0.4, -0.2) is 36.8 Å². The van der Waals surface area contributed by atoms with E-state index >= 15 is 0 Å². The standard InChI is InChI=1S/C30H22FN7O4S2/c1-16-5-4-10-37-25(16)33-26-20(28(37)40)12-19(24(32)38(26)13-17-8-9-22-23(11-17)42-15-41-22)27(39)34-29-35-36-30(44-29)43-14-18-6-2-3-7-21(18)31/h2-12,32H,13-15H2,1H3,(H,34,35,39). The minimum Gasteiger partial charge on any atom is -0.454 e. The molecule has 4 aromatic heterocycles. The van der Waals surface area contributed by atoms with Gasteiger partial charge in [0.05, 0.1) is 17.5 Å². The van der Waals surface area contributed by atoms with Gasteiger partial charge in [-0.05, 0) is 53.9 Å². The Morgan fingerprint density at radius 2 is 1.93 bits per heavy atom. The molecule has 2 N–H and O–H groups in total. The number of aryl methyl sites for hydroxylation is 1. The van der Waals surface area contributed by atoms with E-state index in [-0.39, 0.29) is 51.9 Å². The van der Waals surface area contributed by atoms with Gasteiger partial charge in [0.1, 0.15) is 22.6 Å². The largest absolute Gasteiger partial charge is 0.454 e. The number of halogens is 1. The number of anilines is 1. The smallest absolute Gasteiger partial charge is 0.267 e. The molecule has 0 fully saturated rings. The number of benzene rings is 2. The molecule has 2 aromatic carbocycles. The lowest BCUT2D eigenvalue weighted by molar-refractivity contribution is 0.102. The summed E-state index contributed by atoms with van der Waals surface area (Å²) in [5, 5.41) is 20.3. The summed E-state index contributed by atoms with van der Waals surface area (Å²) in [5.41, 5.74) is 2.25. The number of thioether (sulfide) groups is 1. The Morgan fingerprint density at radius 3 is 2.80 bits per heavy atom. The van der Waals surface area contributed by atoms with Crippen molar-refractivity contribution in [3.05, 3.63) is 111 Å². The van der Waals surface area contributed by atoms with Gasteiger partial charge in [-0.15, -0.1) is 10.2 Å². The first-order valence-corrected chi connectivity index (χ1v) is 15.2. The summed E-state index contributed by atoms with van der Waals surface area (Å²) in [5.74, 6) is 0.596. The van der Waals surface area contributed by atoms with E-state index in [1.165, 1.54) is 32.9 Å². The fourth-order valence-corrected chi connectivity index (χ4v) is 6.62. The third-order valence-corrected chi connectivity index (χ3v) is 9.11. The van der Waals surface area contributed by atoms with E-state index in [0.717, 1.165) is 22.5 Å². The molecule has 1 aliphatic rings. The number of carbonyl (C=O) groups is 1. The van der Waals surface area contributed by atoms with Crippen molar-refractivity contribution < 1.29 is 18.7 Å². The molecule has 220 valence electrons. The van der Waals surface area contributed by atoms with Crippen LogP contribution in [0.4, 0.5) is 9.52 Å². The Kier molecular flexibility index (Phi) is 7.06. The number of pyridine rings is 2. The van der Waals surface area contributed by atoms with E-state index in [0.29, 0.717) is 32.8 Å². The maximum absolute atomic E-state index is 14.0. The number of fused-ring (bicyclic) bond motifs is 3. The molecule has 7 rings (SSSR count). The SMILES string of the molecule is Cc1cccn2c(=O)c3cc(C(=O)Nc4nnc(SCc5ccccc5F)s4)c(=N)n(Cc4ccc5c(c4)OCO5)c3nc12. The normalized spacial score (nSPS) is 12.2. The molecule has 0 unspecified atom stereocenters. The minimum atomic E-state index is -0.633. The quantitative estimate of drug-likeness (QED) is 0.147. The van der Waals surface area contributed by atoms with Crippen LogP contribution in [0.25, 0.3) is 16.7 Å². The van der Waals surface area contributed by atoms with Crippen molar-refractivity contribution in [2.75, 3.05) is 12.1 Å². The van der Waals surface area contributed by atoms with Crippen molar-refractivity contribution in [3.63, 3.8) is 0 Å². The van der Waals surface area contributed by atoms with Crippen LogP contribution in [0.3, 0.4) is 0 Å². The highest BCUT2D eigenvalue weighted by atomic mass is 32.2.